The molecule has 0 aliphatic rings. The van der Waals surface area contributed by atoms with Crippen LogP contribution in [0.5, 0.6) is 0 Å². The topological polar surface area (TPSA) is 21.3 Å². The molecule has 17 heavy (non-hydrogen) atoms. The number of benzene rings is 1. The van der Waals surface area contributed by atoms with Gasteiger partial charge in [0.15, 0.2) is 11.6 Å². The Bertz CT molecular complexity index is 380. The van der Waals surface area contributed by atoms with E-state index in [9.17, 15) is 8.78 Å². The van der Waals surface area contributed by atoms with Crippen LogP contribution in [0.25, 0.3) is 0 Å². The molecule has 2 nitrogen and oxygen atoms in total. The van der Waals surface area contributed by atoms with Gasteiger partial charge in [-0.25, -0.2) is 8.78 Å². The van der Waals surface area contributed by atoms with Gasteiger partial charge in [-0.15, -0.1) is 0 Å². The Hall–Kier alpha value is -1.00. The molecule has 0 saturated carbocycles. The zero-order chi connectivity index (χ0) is 13.1. The first-order valence-electron chi connectivity index (χ1n) is 5.69. The molecular weight excluding hydrogens is 224 g/mol. The lowest BCUT2D eigenvalue weighted by molar-refractivity contribution is -0.0383. The summed E-state index contributed by atoms with van der Waals surface area (Å²) in [6, 6.07) is 3.78. The van der Waals surface area contributed by atoms with Crippen molar-refractivity contribution in [2.24, 2.45) is 0 Å². The van der Waals surface area contributed by atoms with Gasteiger partial charge in [-0.3, -0.25) is 0 Å². The molecule has 1 N–H and O–H groups in total. The van der Waals surface area contributed by atoms with Crippen LogP contribution >= 0.6 is 0 Å². The molecule has 0 heterocycles. The molecule has 0 aromatic heterocycles. The van der Waals surface area contributed by atoms with E-state index in [4.69, 9.17) is 4.74 Å². The Labute approximate surface area is 101 Å². The van der Waals surface area contributed by atoms with E-state index in [0.29, 0.717) is 6.61 Å². The Morgan fingerprint density at radius 1 is 1.35 bits per heavy atom. The van der Waals surface area contributed by atoms with Gasteiger partial charge in [0, 0.05) is 12.2 Å². The van der Waals surface area contributed by atoms with Crippen LogP contribution in [0.4, 0.5) is 8.78 Å². The van der Waals surface area contributed by atoms with Crippen LogP contribution < -0.4 is 5.32 Å². The molecule has 0 fully saturated rings. The minimum absolute atomic E-state index is 0.283. The molecule has 0 amide bonds. The zero-order valence-corrected chi connectivity index (χ0v) is 10.7. The van der Waals surface area contributed by atoms with Crippen LogP contribution in [0.3, 0.4) is 0 Å². The van der Waals surface area contributed by atoms with Gasteiger partial charge < -0.3 is 10.1 Å². The largest absolute Gasteiger partial charge is 0.374 e. The van der Waals surface area contributed by atoms with Crippen LogP contribution in [-0.4, -0.2) is 19.3 Å². The second kappa shape index (κ2) is 5.56. The van der Waals surface area contributed by atoms with Crippen molar-refractivity contribution >= 4 is 0 Å². The van der Waals surface area contributed by atoms with Gasteiger partial charge >= 0.3 is 0 Å². The number of hydrogen-bond donors (Lipinski definition) is 1. The Balaban J connectivity index is 3.13. The highest BCUT2D eigenvalue weighted by atomic mass is 19.2. The predicted octanol–water partition coefficient (Wildman–Crippen LogP) is 3.04. The van der Waals surface area contributed by atoms with E-state index in [0.717, 1.165) is 6.07 Å². The molecule has 0 spiro atoms. The lowest BCUT2D eigenvalue weighted by Crippen LogP contribution is -2.40. The average Bonchev–Trinajstić information content (AvgIpc) is 2.24. The summed E-state index contributed by atoms with van der Waals surface area (Å²) in [5, 5.41) is 2.98. The number of halogens is 2. The lowest BCUT2D eigenvalue weighted by atomic mass is 9.91. The van der Waals surface area contributed by atoms with E-state index in [1.54, 1.807) is 13.1 Å². The number of nitrogens with one attached hydrogen (secondary N) is 1. The molecule has 0 aliphatic heterocycles. The van der Waals surface area contributed by atoms with Crippen molar-refractivity contribution in [2.45, 2.75) is 32.4 Å². The van der Waals surface area contributed by atoms with Crippen LogP contribution in [0, 0.1) is 11.6 Å². The highest BCUT2D eigenvalue weighted by Gasteiger charge is 2.32. The molecule has 96 valence electrons. The maximum Gasteiger partial charge on any atom is 0.163 e. The van der Waals surface area contributed by atoms with E-state index < -0.39 is 23.3 Å². The fourth-order valence-corrected chi connectivity index (χ4v) is 2.08. The van der Waals surface area contributed by atoms with E-state index >= 15 is 0 Å². The number of rotatable bonds is 5. The standard InChI is InChI=1S/C13H19F2NO/c1-5-17-13(2,3)12(16-4)9-7-6-8-10(14)11(9)15/h6-8,12,16H,5H2,1-4H3. The summed E-state index contributed by atoms with van der Waals surface area (Å²) in [6.45, 7) is 6.09. The van der Waals surface area contributed by atoms with Crippen LogP contribution in [-0.2, 0) is 4.74 Å². The van der Waals surface area contributed by atoms with Crippen molar-refractivity contribution in [3.63, 3.8) is 0 Å². The third-order valence-corrected chi connectivity index (χ3v) is 2.79. The quantitative estimate of drug-likeness (QED) is 0.858. The second-order valence-corrected chi connectivity index (χ2v) is 4.40. The van der Waals surface area contributed by atoms with Gasteiger partial charge in [0.2, 0.25) is 0 Å². The van der Waals surface area contributed by atoms with Gasteiger partial charge in [-0.2, -0.15) is 0 Å². The van der Waals surface area contributed by atoms with Gasteiger partial charge in [-0.05, 0) is 33.9 Å². The molecular formula is C13H19F2NO. The molecule has 1 atom stereocenters. The maximum absolute atomic E-state index is 13.7. The smallest absolute Gasteiger partial charge is 0.163 e. The van der Waals surface area contributed by atoms with E-state index in [1.165, 1.54) is 6.07 Å². The Morgan fingerprint density at radius 2 is 2.00 bits per heavy atom. The van der Waals surface area contributed by atoms with Crippen molar-refractivity contribution in [1.29, 1.82) is 0 Å². The summed E-state index contributed by atoms with van der Waals surface area (Å²) >= 11 is 0. The third kappa shape index (κ3) is 3.01. The highest BCUT2D eigenvalue weighted by Crippen LogP contribution is 2.30. The van der Waals surface area contributed by atoms with Crippen LogP contribution in [0.15, 0.2) is 18.2 Å². The van der Waals surface area contributed by atoms with Gasteiger partial charge in [0.1, 0.15) is 0 Å². The molecule has 0 radical (unpaired) electrons. The summed E-state index contributed by atoms with van der Waals surface area (Å²) in [4.78, 5) is 0. The number of likely N-dealkylation sites (N-methyl/N-ethyl adjacent to an activating group) is 1. The van der Waals surface area contributed by atoms with Gasteiger partial charge in [0.25, 0.3) is 0 Å². The molecule has 0 aliphatic carbocycles. The first-order valence-corrected chi connectivity index (χ1v) is 5.69. The van der Waals surface area contributed by atoms with Crippen molar-refractivity contribution in [2.75, 3.05) is 13.7 Å². The van der Waals surface area contributed by atoms with Crippen molar-refractivity contribution in [3.05, 3.63) is 35.4 Å². The second-order valence-electron chi connectivity index (χ2n) is 4.40. The molecule has 1 aromatic rings. The first-order chi connectivity index (χ1) is 7.94. The maximum atomic E-state index is 13.7. The SMILES string of the molecule is CCOC(C)(C)C(NC)c1cccc(F)c1F. The van der Waals surface area contributed by atoms with Crippen molar-refractivity contribution in [3.8, 4) is 0 Å². The van der Waals surface area contributed by atoms with Crippen LogP contribution in [0.2, 0.25) is 0 Å². The zero-order valence-electron chi connectivity index (χ0n) is 10.7. The first kappa shape index (κ1) is 14.1. The molecule has 0 bridgehead atoms. The highest BCUT2D eigenvalue weighted by molar-refractivity contribution is 5.24. The van der Waals surface area contributed by atoms with E-state index in [1.807, 2.05) is 20.8 Å². The normalized spacial score (nSPS) is 13.8. The minimum atomic E-state index is -0.838. The fourth-order valence-electron chi connectivity index (χ4n) is 2.08. The molecule has 1 rings (SSSR count). The fraction of sp³-hybridized carbons (Fsp3) is 0.538. The molecule has 4 heteroatoms. The summed E-state index contributed by atoms with van der Waals surface area (Å²) < 4.78 is 32.5. The Morgan fingerprint density at radius 3 is 2.53 bits per heavy atom. The lowest BCUT2D eigenvalue weighted by Gasteiger charge is -2.34. The monoisotopic (exact) mass is 243 g/mol. The van der Waals surface area contributed by atoms with E-state index in [2.05, 4.69) is 5.32 Å². The van der Waals surface area contributed by atoms with Gasteiger partial charge in [0.05, 0.1) is 11.6 Å². The summed E-state index contributed by atoms with van der Waals surface area (Å²) in [6.07, 6.45) is 0. The average molecular weight is 243 g/mol. The Kier molecular flexibility index (Phi) is 4.60. The minimum Gasteiger partial charge on any atom is -0.374 e. The summed E-state index contributed by atoms with van der Waals surface area (Å²) in [5.74, 6) is -1.66. The van der Waals surface area contributed by atoms with Gasteiger partial charge in [-0.1, -0.05) is 12.1 Å². The van der Waals surface area contributed by atoms with E-state index in [-0.39, 0.29) is 5.56 Å². The van der Waals surface area contributed by atoms with Crippen molar-refractivity contribution in [1.82, 2.24) is 5.32 Å². The number of ether oxygens (including phenoxy) is 1. The molecule has 1 aromatic carbocycles. The molecule has 0 saturated heterocycles. The summed E-state index contributed by atoms with van der Waals surface area (Å²) in [7, 11) is 1.70. The van der Waals surface area contributed by atoms with Crippen LogP contribution in [0.1, 0.15) is 32.4 Å². The summed E-state index contributed by atoms with van der Waals surface area (Å²) in [5.41, 5.74) is -0.330. The molecule has 1 unspecified atom stereocenters. The third-order valence-electron chi connectivity index (χ3n) is 2.79. The predicted molar refractivity (Wildman–Crippen MR) is 63.9 cm³/mol. The number of hydrogen-bond acceptors (Lipinski definition) is 2. The van der Waals surface area contributed by atoms with Crippen molar-refractivity contribution < 1.29 is 13.5 Å².